The van der Waals surface area contributed by atoms with E-state index < -0.39 is 28.8 Å². The number of methoxy groups -OCH3 is 1. The van der Waals surface area contributed by atoms with Crippen LogP contribution in [0.3, 0.4) is 0 Å². The second kappa shape index (κ2) is 5.82. The van der Waals surface area contributed by atoms with E-state index in [-0.39, 0.29) is 23.8 Å². The maximum absolute atomic E-state index is 12.7. The Morgan fingerprint density at radius 1 is 1.33 bits per heavy atom. The van der Waals surface area contributed by atoms with Crippen LogP contribution in [0.1, 0.15) is 0 Å². The van der Waals surface area contributed by atoms with Crippen LogP contribution in [0.2, 0.25) is 0 Å². The lowest BCUT2D eigenvalue weighted by molar-refractivity contribution is -0.231. The van der Waals surface area contributed by atoms with Crippen LogP contribution in [0.5, 0.6) is 5.75 Å². The van der Waals surface area contributed by atoms with Gasteiger partial charge in [-0.05, 0) is 12.1 Å². The standard InChI is InChI=1S/C12H14F3NO4S/c1-19-9-4-2-3-5-10(9)21(17,18)16-6-7-20-11(8-16)12(13,14)15/h2-5,11H,6-8H2,1H3/t11-/m0/s1. The van der Waals surface area contributed by atoms with Crippen LogP contribution >= 0.6 is 0 Å². The van der Waals surface area contributed by atoms with Gasteiger partial charge < -0.3 is 9.47 Å². The average molecular weight is 325 g/mol. The van der Waals surface area contributed by atoms with Gasteiger partial charge >= 0.3 is 6.18 Å². The van der Waals surface area contributed by atoms with E-state index in [1.807, 2.05) is 0 Å². The number of nitrogens with zero attached hydrogens (tertiary/aromatic N) is 1. The van der Waals surface area contributed by atoms with E-state index in [1.165, 1.54) is 25.3 Å². The molecule has 0 aliphatic carbocycles. The fraction of sp³-hybridized carbons (Fsp3) is 0.500. The molecule has 1 aromatic carbocycles. The lowest BCUT2D eigenvalue weighted by Crippen LogP contribution is -2.51. The number of hydrogen-bond acceptors (Lipinski definition) is 4. The van der Waals surface area contributed by atoms with Gasteiger partial charge in [0.15, 0.2) is 6.10 Å². The molecule has 21 heavy (non-hydrogen) atoms. The largest absolute Gasteiger partial charge is 0.495 e. The highest BCUT2D eigenvalue weighted by molar-refractivity contribution is 7.89. The topological polar surface area (TPSA) is 55.8 Å². The van der Waals surface area contributed by atoms with Gasteiger partial charge in [0.05, 0.1) is 13.7 Å². The van der Waals surface area contributed by atoms with Crippen LogP contribution in [0, 0.1) is 0 Å². The summed E-state index contributed by atoms with van der Waals surface area (Å²) in [5.74, 6) is 0.0903. The average Bonchev–Trinajstić information content (AvgIpc) is 2.46. The van der Waals surface area contributed by atoms with Crippen LogP contribution < -0.4 is 4.74 Å². The summed E-state index contributed by atoms with van der Waals surface area (Å²) >= 11 is 0. The van der Waals surface area contributed by atoms with Crippen LogP contribution in [0.4, 0.5) is 13.2 Å². The molecule has 0 unspecified atom stereocenters. The summed E-state index contributed by atoms with van der Waals surface area (Å²) in [5.41, 5.74) is 0. The first-order valence-corrected chi connectivity index (χ1v) is 7.52. The Labute approximate surface area is 120 Å². The minimum Gasteiger partial charge on any atom is -0.495 e. The summed E-state index contributed by atoms with van der Waals surface area (Å²) < 4.78 is 73.3. The maximum Gasteiger partial charge on any atom is 0.415 e. The molecule has 5 nitrogen and oxygen atoms in total. The quantitative estimate of drug-likeness (QED) is 0.848. The van der Waals surface area contributed by atoms with Crippen LogP contribution in [-0.2, 0) is 14.8 Å². The van der Waals surface area contributed by atoms with Crippen molar-refractivity contribution in [2.45, 2.75) is 17.2 Å². The molecular formula is C12H14F3NO4S. The summed E-state index contributed by atoms with van der Waals surface area (Å²) in [6.45, 7) is -1.20. The molecule has 2 rings (SSSR count). The Morgan fingerprint density at radius 2 is 2.00 bits per heavy atom. The number of ether oxygens (including phenoxy) is 2. The van der Waals surface area contributed by atoms with Crippen LogP contribution in [-0.4, -0.2) is 51.8 Å². The molecule has 1 aliphatic rings. The first-order chi connectivity index (χ1) is 9.76. The van der Waals surface area contributed by atoms with E-state index in [0.717, 1.165) is 4.31 Å². The Morgan fingerprint density at radius 3 is 2.62 bits per heavy atom. The molecule has 0 N–H and O–H groups in total. The third kappa shape index (κ3) is 3.30. The first kappa shape index (κ1) is 16.1. The molecular weight excluding hydrogens is 311 g/mol. The number of sulfonamides is 1. The van der Waals surface area contributed by atoms with Gasteiger partial charge in [-0.15, -0.1) is 0 Å². The van der Waals surface area contributed by atoms with E-state index in [2.05, 4.69) is 4.74 Å². The molecule has 1 aliphatic heterocycles. The zero-order valence-electron chi connectivity index (χ0n) is 11.1. The molecule has 1 fully saturated rings. The Kier molecular flexibility index (Phi) is 4.45. The van der Waals surface area contributed by atoms with Gasteiger partial charge in [-0.1, -0.05) is 12.1 Å². The zero-order valence-corrected chi connectivity index (χ0v) is 11.9. The van der Waals surface area contributed by atoms with Gasteiger partial charge in [0.25, 0.3) is 0 Å². The predicted molar refractivity (Wildman–Crippen MR) is 67.5 cm³/mol. The highest BCUT2D eigenvalue weighted by atomic mass is 32.2. The predicted octanol–water partition coefficient (Wildman–Crippen LogP) is 1.65. The molecule has 0 radical (unpaired) electrons. The first-order valence-electron chi connectivity index (χ1n) is 6.08. The fourth-order valence-electron chi connectivity index (χ4n) is 2.01. The molecule has 0 saturated carbocycles. The van der Waals surface area contributed by atoms with E-state index in [1.54, 1.807) is 6.07 Å². The minimum absolute atomic E-state index is 0.0903. The number of alkyl halides is 3. The number of hydrogen-bond donors (Lipinski definition) is 0. The van der Waals surface area contributed by atoms with Crippen molar-refractivity contribution >= 4 is 10.0 Å². The molecule has 0 bridgehead atoms. The van der Waals surface area contributed by atoms with Gasteiger partial charge in [0.1, 0.15) is 10.6 Å². The monoisotopic (exact) mass is 325 g/mol. The molecule has 1 saturated heterocycles. The summed E-state index contributed by atoms with van der Waals surface area (Å²) in [5, 5.41) is 0. The molecule has 0 aromatic heterocycles. The number of para-hydroxylation sites is 1. The van der Waals surface area contributed by atoms with E-state index >= 15 is 0 Å². The molecule has 1 aromatic rings. The summed E-state index contributed by atoms with van der Waals surface area (Å²) in [4.78, 5) is -0.157. The van der Waals surface area contributed by atoms with Crippen molar-refractivity contribution in [3.63, 3.8) is 0 Å². The third-order valence-electron chi connectivity index (χ3n) is 3.08. The van der Waals surface area contributed by atoms with Crippen molar-refractivity contribution in [1.82, 2.24) is 4.31 Å². The van der Waals surface area contributed by atoms with Crippen LogP contribution in [0.15, 0.2) is 29.2 Å². The van der Waals surface area contributed by atoms with Crippen molar-refractivity contribution in [2.24, 2.45) is 0 Å². The van der Waals surface area contributed by atoms with Gasteiger partial charge in [-0.25, -0.2) is 8.42 Å². The maximum atomic E-state index is 12.7. The van der Waals surface area contributed by atoms with Gasteiger partial charge in [-0.2, -0.15) is 17.5 Å². The van der Waals surface area contributed by atoms with E-state index in [4.69, 9.17) is 4.74 Å². The van der Waals surface area contributed by atoms with E-state index in [9.17, 15) is 21.6 Å². The smallest absolute Gasteiger partial charge is 0.415 e. The summed E-state index contributed by atoms with van der Waals surface area (Å²) in [6, 6.07) is 5.80. The molecule has 9 heteroatoms. The number of morpholine rings is 1. The Bertz CT molecular complexity index is 603. The van der Waals surface area contributed by atoms with Crippen molar-refractivity contribution in [2.75, 3.05) is 26.8 Å². The van der Waals surface area contributed by atoms with Crippen molar-refractivity contribution in [3.8, 4) is 5.75 Å². The SMILES string of the molecule is COc1ccccc1S(=O)(=O)N1CCO[C@H](C(F)(F)F)C1. The van der Waals surface area contributed by atoms with Crippen LogP contribution in [0.25, 0.3) is 0 Å². The van der Waals surface area contributed by atoms with E-state index in [0.29, 0.717) is 0 Å². The third-order valence-corrected chi connectivity index (χ3v) is 4.99. The minimum atomic E-state index is -4.60. The molecule has 1 atom stereocenters. The molecule has 1 heterocycles. The number of benzene rings is 1. The van der Waals surface area contributed by atoms with Gasteiger partial charge in [0, 0.05) is 13.1 Å². The van der Waals surface area contributed by atoms with Crippen molar-refractivity contribution in [1.29, 1.82) is 0 Å². The lowest BCUT2D eigenvalue weighted by Gasteiger charge is -2.33. The highest BCUT2D eigenvalue weighted by Crippen LogP contribution is 2.31. The summed E-state index contributed by atoms with van der Waals surface area (Å²) in [6.07, 6.45) is -6.72. The van der Waals surface area contributed by atoms with Gasteiger partial charge in [-0.3, -0.25) is 0 Å². The lowest BCUT2D eigenvalue weighted by atomic mass is 10.3. The summed E-state index contributed by atoms with van der Waals surface area (Å²) in [7, 11) is -2.77. The van der Waals surface area contributed by atoms with Gasteiger partial charge in [0.2, 0.25) is 10.0 Å². The molecule has 118 valence electrons. The number of halogens is 3. The number of rotatable bonds is 3. The van der Waals surface area contributed by atoms with Crippen molar-refractivity contribution < 1.29 is 31.1 Å². The highest BCUT2D eigenvalue weighted by Gasteiger charge is 2.46. The Hall–Kier alpha value is -1.32. The zero-order chi connectivity index (χ0) is 15.7. The van der Waals surface area contributed by atoms with Crippen molar-refractivity contribution in [3.05, 3.63) is 24.3 Å². The molecule has 0 spiro atoms. The second-order valence-corrected chi connectivity index (χ2v) is 6.32. The fourth-order valence-corrected chi connectivity index (χ4v) is 3.59. The second-order valence-electron chi connectivity index (χ2n) is 4.41. The normalized spacial score (nSPS) is 21.2. The molecule has 0 amide bonds. The Balaban J connectivity index is 2.31.